The average Bonchev–Trinajstić information content (AvgIpc) is 3.15. The highest BCUT2D eigenvalue weighted by atomic mass is 31.2. The number of aliphatic hydroxyl groups is 6. The van der Waals surface area contributed by atoms with Gasteiger partial charge in [0.05, 0.1) is 58.0 Å². The van der Waals surface area contributed by atoms with E-state index in [1.165, 1.54) is 0 Å². The third-order valence-corrected chi connectivity index (χ3v) is 9.34. The maximum Gasteiger partial charge on any atom is 0.472 e. The first-order valence-electron chi connectivity index (χ1n) is 17.8. The molecule has 0 saturated carbocycles. The lowest BCUT2D eigenvalue weighted by Crippen LogP contribution is -2.52. The molecule has 1 unspecified atom stereocenters. The number of unbranched alkanes of at least 4 members (excludes halogenated alkanes) is 1. The Morgan fingerprint density at radius 1 is 0.815 bits per heavy atom. The van der Waals surface area contributed by atoms with Crippen molar-refractivity contribution in [3.05, 3.63) is 0 Å². The van der Waals surface area contributed by atoms with Gasteiger partial charge in [-0.15, -0.1) is 0 Å². The van der Waals surface area contributed by atoms with Crippen LogP contribution in [0.1, 0.15) is 45.4 Å². The van der Waals surface area contributed by atoms with Crippen molar-refractivity contribution in [2.45, 2.75) is 107 Å². The average molecular weight is 808 g/mol. The molecule has 10 N–H and O–H groups in total. The zero-order valence-electron chi connectivity index (χ0n) is 30.6. The molecule has 2 fully saturated rings. The Morgan fingerprint density at radius 2 is 1.39 bits per heavy atom. The molecule has 0 aromatic heterocycles. The summed E-state index contributed by atoms with van der Waals surface area (Å²) < 4.78 is 53.3. The highest BCUT2D eigenvalue weighted by Crippen LogP contribution is 2.43. The van der Waals surface area contributed by atoms with Gasteiger partial charge in [-0.3, -0.25) is 23.4 Å². The number of rotatable bonds is 27. The number of hydrogen-bond donors (Lipinski definition) is 10. The van der Waals surface area contributed by atoms with Gasteiger partial charge in [0.15, 0.2) is 12.6 Å². The van der Waals surface area contributed by atoms with Crippen LogP contribution in [-0.2, 0) is 56.4 Å². The molecule has 2 aliphatic heterocycles. The van der Waals surface area contributed by atoms with Crippen LogP contribution in [0.25, 0.3) is 0 Å². The molecule has 23 heteroatoms. The molecule has 2 saturated heterocycles. The third kappa shape index (κ3) is 18.3. The minimum absolute atomic E-state index is 0.0303. The van der Waals surface area contributed by atoms with Crippen molar-refractivity contribution in [2.24, 2.45) is 0 Å². The summed E-state index contributed by atoms with van der Waals surface area (Å²) >= 11 is 0. The van der Waals surface area contributed by atoms with Crippen molar-refractivity contribution in [2.75, 3.05) is 73.1 Å². The van der Waals surface area contributed by atoms with Crippen LogP contribution >= 0.6 is 7.82 Å². The van der Waals surface area contributed by atoms with Gasteiger partial charge in [0, 0.05) is 33.0 Å². The molecule has 11 atom stereocenters. The van der Waals surface area contributed by atoms with Crippen molar-refractivity contribution >= 4 is 25.5 Å². The van der Waals surface area contributed by atoms with Gasteiger partial charge < -0.3 is 79.9 Å². The van der Waals surface area contributed by atoms with Crippen LogP contribution in [0, 0.1) is 0 Å². The van der Waals surface area contributed by atoms with Gasteiger partial charge >= 0.3 is 7.82 Å². The van der Waals surface area contributed by atoms with E-state index >= 15 is 0 Å². The summed E-state index contributed by atoms with van der Waals surface area (Å²) in [6, 6.07) is -1.02. The monoisotopic (exact) mass is 807 g/mol. The Kier molecular flexibility index (Phi) is 23.2. The van der Waals surface area contributed by atoms with Gasteiger partial charge in [-0.25, -0.2) is 4.57 Å². The van der Waals surface area contributed by atoms with Gasteiger partial charge in [0.25, 0.3) is 0 Å². The summed E-state index contributed by atoms with van der Waals surface area (Å²) in [5, 5.41) is 66.1. The van der Waals surface area contributed by atoms with E-state index in [2.05, 4.69) is 20.5 Å². The molecular formula is C31H58N3O19P. The number of hydrogen-bond acceptors (Lipinski definition) is 18. The summed E-state index contributed by atoms with van der Waals surface area (Å²) in [5.41, 5.74) is 0. The predicted octanol–water partition coefficient (Wildman–Crippen LogP) is -3.86. The highest BCUT2D eigenvalue weighted by Gasteiger charge is 2.38. The fraction of sp³-hybridized carbons (Fsp3) is 0.903. The van der Waals surface area contributed by atoms with Crippen molar-refractivity contribution in [3.63, 3.8) is 0 Å². The summed E-state index contributed by atoms with van der Waals surface area (Å²) in [4.78, 5) is 47.5. The number of phosphoric acid groups is 1. The minimum Gasteiger partial charge on any atom is -0.394 e. The lowest BCUT2D eigenvalue weighted by Gasteiger charge is -2.35. The van der Waals surface area contributed by atoms with Gasteiger partial charge in [0.1, 0.15) is 43.7 Å². The SMILES string of the molecule is CC[C@H](COCCOCCNC(=O)[C@H](CCCCNC(=O)CO[C@H]1C[C@@H](O)[C@@H](O)[C@@H](CO)O1)NC(=O)CO[C@H]1C[C@@H](O)[C@@H](O)[C@@H](CO)O1)OP(=O)(O)OC. The standard InChI is InChI=1S/C31H58N3O19P/c1-3-19(53-54(44,45)46-2)16-48-11-10-47-9-8-33-31(43)20(34-26(40)18-50-28-13-22(38)30(42)24(15-36)52-28)6-4-5-7-32-25(39)17-49-27-12-21(37)29(41)23(14-35)51-27/h19-24,27-30,35-38,41-42H,3-18H2,1-2H3,(H,32,39)(H,33,43)(H,34,40)(H,44,45)/t19-,20+,21-,22-,23-,24-,27-,28-,29-,30-/m1/s1. The van der Waals surface area contributed by atoms with E-state index in [9.17, 15) is 54.5 Å². The van der Waals surface area contributed by atoms with E-state index in [0.717, 1.165) is 7.11 Å². The molecule has 2 rings (SSSR count). The Hall–Kier alpha value is -1.96. The van der Waals surface area contributed by atoms with E-state index in [0.29, 0.717) is 19.3 Å². The Balaban J connectivity index is 1.77. The zero-order chi connectivity index (χ0) is 40.1. The normalized spacial score (nSPS) is 28.1. The number of carbonyl (C=O) groups is 3. The number of carbonyl (C=O) groups excluding carboxylic acids is 3. The molecule has 0 aromatic rings. The van der Waals surface area contributed by atoms with Crippen molar-refractivity contribution in [1.29, 1.82) is 0 Å². The van der Waals surface area contributed by atoms with Crippen LogP contribution in [0.4, 0.5) is 0 Å². The van der Waals surface area contributed by atoms with Crippen LogP contribution in [0.2, 0.25) is 0 Å². The summed E-state index contributed by atoms with van der Waals surface area (Å²) in [5.74, 6) is -1.69. The second-order valence-corrected chi connectivity index (χ2v) is 14.0. The Bertz CT molecular complexity index is 1140. The van der Waals surface area contributed by atoms with Crippen LogP contribution < -0.4 is 16.0 Å². The van der Waals surface area contributed by atoms with Crippen molar-refractivity contribution in [3.8, 4) is 0 Å². The summed E-state index contributed by atoms with van der Waals surface area (Å²) in [6.07, 6.45) is -8.80. The van der Waals surface area contributed by atoms with Gasteiger partial charge in [-0.05, 0) is 25.7 Å². The molecule has 54 heavy (non-hydrogen) atoms. The lowest BCUT2D eigenvalue weighted by atomic mass is 10.0. The fourth-order valence-corrected chi connectivity index (χ4v) is 5.87. The van der Waals surface area contributed by atoms with E-state index in [1.54, 1.807) is 6.92 Å². The van der Waals surface area contributed by atoms with E-state index in [1.807, 2.05) is 0 Å². The maximum absolute atomic E-state index is 13.0. The third-order valence-electron chi connectivity index (χ3n) is 8.32. The largest absolute Gasteiger partial charge is 0.472 e. The predicted molar refractivity (Wildman–Crippen MR) is 182 cm³/mol. The molecule has 0 spiro atoms. The second kappa shape index (κ2) is 26.1. The van der Waals surface area contributed by atoms with Gasteiger partial charge in [-0.1, -0.05) is 6.92 Å². The molecule has 2 heterocycles. The second-order valence-electron chi connectivity index (χ2n) is 12.5. The van der Waals surface area contributed by atoms with E-state index < -0.39 is 113 Å². The molecule has 316 valence electrons. The molecule has 2 aliphatic rings. The number of nitrogens with one attached hydrogen (secondary N) is 3. The van der Waals surface area contributed by atoms with Gasteiger partial charge in [0.2, 0.25) is 17.7 Å². The van der Waals surface area contributed by atoms with Crippen LogP contribution in [0.5, 0.6) is 0 Å². The van der Waals surface area contributed by atoms with Crippen LogP contribution in [0.3, 0.4) is 0 Å². The molecular weight excluding hydrogens is 749 g/mol. The molecule has 0 aliphatic carbocycles. The Labute approximate surface area is 313 Å². The molecule has 3 amide bonds. The smallest absolute Gasteiger partial charge is 0.394 e. The fourth-order valence-electron chi connectivity index (χ4n) is 5.20. The number of aliphatic hydroxyl groups excluding tert-OH is 6. The Morgan fingerprint density at radius 3 is 1.94 bits per heavy atom. The van der Waals surface area contributed by atoms with Crippen LogP contribution in [0.15, 0.2) is 0 Å². The first kappa shape index (κ1) is 48.2. The highest BCUT2D eigenvalue weighted by molar-refractivity contribution is 7.47. The molecule has 0 aromatic carbocycles. The first-order chi connectivity index (χ1) is 25.7. The van der Waals surface area contributed by atoms with E-state index in [-0.39, 0.29) is 58.8 Å². The maximum atomic E-state index is 13.0. The van der Waals surface area contributed by atoms with Crippen LogP contribution in [-0.4, -0.2) is 188 Å². The van der Waals surface area contributed by atoms with Crippen molar-refractivity contribution in [1.82, 2.24) is 16.0 Å². The topological polar surface area (TPSA) is 320 Å². The van der Waals surface area contributed by atoms with E-state index in [4.69, 9.17) is 32.9 Å². The zero-order valence-corrected chi connectivity index (χ0v) is 31.5. The molecule has 0 radical (unpaired) electrons. The number of ether oxygens (including phenoxy) is 6. The number of amides is 3. The summed E-state index contributed by atoms with van der Waals surface area (Å²) in [7, 11) is -3.09. The molecule has 22 nitrogen and oxygen atoms in total. The first-order valence-corrected chi connectivity index (χ1v) is 19.3. The van der Waals surface area contributed by atoms with Crippen molar-refractivity contribution < 1.29 is 91.9 Å². The summed E-state index contributed by atoms with van der Waals surface area (Å²) in [6.45, 7) is 0.370. The number of phosphoric ester groups is 1. The lowest BCUT2D eigenvalue weighted by molar-refractivity contribution is -0.255. The van der Waals surface area contributed by atoms with Gasteiger partial charge in [-0.2, -0.15) is 0 Å². The minimum atomic E-state index is -4.15. The molecule has 0 bridgehead atoms. The quantitative estimate of drug-likeness (QED) is 0.0280.